The molecule has 6 aromatic heterocycles. The van der Waals surface area contributed by atoms with Crippen molar-refractivity contribution in [3.05, 3.63) is 132 Å². The van der Waals surface area contributed by atoms with Gasteiger partial charge >= 0.3 is 0 Å². The second-order valence-corrected chi connectivity index (χ2v) is 22.5. The quantitative estimate of drug-likeness (QED) is 0.0955. The molecule has 81 heavy (non-hydrogen) atoms. The third-order valence-electron chi connectivity index (χ3n) is 14.3. The Morgan fingerprint density at radius 3 is 1.67 bits per heavy atom. The molecular formula is C58H70N18O5. The maximum Gasteiger partial charge on any atom is 0.227 e. The van der Waals surface area contributed by atoms with Crippen LogP contribution < -0.4 is 16.0 Å². The largest absolute Gasteiger partial charge is 0.378 e. The van der Waals surface area contributed by atoms with Gasteiger partial charge in [-0.2, -0.15) is 10.2 Å². The second kappa shape index (κ2) is 24.2. The molecule has 0 aliphatic carbocycles. The lowest BCUT2D eigenvalue weighted by Crippen LogP contribution is -2.48. The second-order valence-electron chi connectivity index (χ2n) is 22.5. The minimum absolute atomic E-state index is 0.00992. The van der Waals surface area contributed by atoms with E-state index in [2.05, 4.69) is 101 Å². The fourth-order valence-electron chi connectivity index (χ4n) is 9.69. The molecule has 23 heteroatoms. The number of hydrogen-bond acceptors (Lipinski definition) is 19. The zero-order chi connectivity index (χ0) is 61.8. The minimum atomic E-state index is -2.36. The van der Waals surface area contributed by atoms with Crippen molar-refractivity contribution >= 4 is 40.6 Å². The first kappa shape index (κ1) is 48.6. The minimum Gasteiger partial charge on any atom is -0.378 e. The summed E-state index contributed by atoms with van der Waals surface area (Å²) in [5, 5.41) is 33.9. The van der Waals surface area contributed by atoms with Gasteiger partial charge in [-0.3, -0.25) is 28.6 Å². The molecule has 3 N–H and O–H groups in total. The first-order valence-corrected chi connectivity index (χ1v) is 26.9. The number of carbonyl (C=O) groups is 3. The topological polar surface area (TPSA) is 258 Å². The molecule has 8 aromatic rings. The molecule has 23 nitrogen and oxygen atoms in total. The summed E-state index contributed by atoms with van der Waals surface area (Å²) in [6.45, 7) is 12.7. The fourth-order valence-corrected chi connectivity index (χ4v) is 9.69. The van der Waals surface area contributed by atoms with Crippen LogP contribution in [0.15, 0.2) is 98.1 Å². The normalized spacial score (nSPS) is 18.8. The van der Waals surface area contributed by atoms with Crippen molar-refractivity contribution in [2.24, 2.45) is 14.0 Å². The Bertz CT molecular complexity index is 3740. The number of ketones is 3. The maximum atomic E-state index is 13.4. The number of carbonyl (C=O) groups excluding carboxylic acids is 3. The van der Waals surface area contributed by atoms with E-state index in [1.54, 1.807) is 34.2 Å². The van der Waals surface area contributed by atoms with E-state index in [9.17, 15) is 14.4 Å². The Hall–Kier alpha value is -8.25. The summed E-state index contributed by atoms with van der Waals surface area (Å²) in [5.41, 5.74) is 9.11. The van der Waals surface area contributed by atoms with Gasteiger partial charge in [0.25, 0.3) is 0 Å². The predicted molar refractivity (Wildman–Crippen MR) is 303 cm³/mol. The molecule has 10 heterocycles. The summed E-state index contributed by atoms with van der Waals surface area (Å²) in [5.74, 6) is 0.957. The van der Waals surface area contributed by atoms with Crippen LogP contribution in [0.5, 0.6) is 0 Å². The molecule has 0 unspecified atom stereocenters. The highest BCUT2D eigenvalue weighted by Crippen LogP contribution is 2.37. The van der Waals surface area contributed by atoms with Gasteiger partial charge in [-0.15, -0.1) is 10.2 Å². The zero-order valence-corrected chi connectivity index (χ0v) is 46.2. The molecule has 422 valence electrons. The summed E-state index contributed by atoms with van der Waals surface area (Å²) in [6.07, 6.45) is 14.8. The molecule has 4 aliphatic heterocycles. The van der Waals surface area contributed by atoms with Crippen LogP contribution in [0.1, 0.15) is 131 Å². The van der Waals surface area contributed by atoms with E-state index >= 15 is 0 Å². The van der Waals surface area contributed by atoms with Crippen molar-refractivity contribution in [3.8, 4) is 22.5 Å². The van der Waals surface area contributed by atoms with Crippen LogP contribution in [0.3, 0.4) is 0 Å². The number of fused-ring (bicyclic) bond motifs is 2. The molecular weight excluding hydrogens is 1030 g/mol. The van der Waals surface area contributed by atoms with Crippen molar-refractivity contribution < 1.29 is 32.1 Å². The monoisotopic (exact) mass is 1100 g/mol. The molecule has 2 saturated heterocycles. The number of ether oxygens (including phenoxy) is 2. The number of nitrogens with zero attached hydrogens (tertiary/aromatic N) is 15. The molecule has 2 atom stereocenters. The van der Waals surface area contributed by atoms with Gasteiger partial charge in [-0.25, -0.2) is 29.3 Å². The van der Waals surface area contributed by atoms with E-state index in [0.29, 0.717) is 92.2 Å². The number of hydrogen-bond donors (Lipinski definition) is 3. The van der Waals surface area contributed by atoms with Gasteiger partial charge in [-0.1, -0.05) is 34.7 Å². The van der Waals surface area contributed by atoms with E-state index in [1.165, 1.54) is 24.8 Å². The summed E-state index contributed by atoms with van der Waals surface area (Å²) in [7, 11) is 0. The lowest BCUT2D eigenvalue weighted by atomic mass is 9.87. The number of aromatic nitrogens is 14. The fraction of sp³-hybridized carbons (Fsp3) is 0.431. The highest BCUT2D eigenvalue weighted by atomic mass is 16.5. The third kappa shape index (κ3) is 14.0. The van der Waals surface area contributed by atoms with Crippen molar-refractivity contribution in [2.75, 3.05) is 50.2 Å². The summed E-state index contributed by atoms with van der Waals surface area (Å²) < 4.78 is 60.2. The maximum absolute atomic E-state index is 13.4. The number of aryl methyl sites for hydroxylation is 2. The predicted octanol–water partition coefficient (Wildman–Crippen LogP) is 7.33. The van der Waals surface area contributed by atoms with Crippen LogP contribution in [0.2, 0.25) is 0 Å². The molecule has 0 saturated carbocycles. The Kier molecular flexibility index (Phi) is 14.5. The van der Waals surface area contributed by atoms with Crippen LogP contribution in [0, 0.1) is 0 Å². The van der Waals surface area contributed by atoms with Crippen molar-refractivity contribution in [1.82, 2.24) is 79.7 Å². The van der Waals surface area contributed by atoms with E-state index < -0.39 is 14.0 Å². The first-order valence-electron chi connectivity index (χ1n) is 29.9. The molecule has 12 rings (SSSR count). The van der Waals surface area contributed by atoms with Gasteiger partial charge in [0.2, 0.25) is 11.9 Å². The highest BCUT2D eigenvalue weighted by molar-refractivity contribution is 5.95. The first-order chi connectivity index (χ1) is 41.3. The standard InChI is InChI=1S/C29H35N9O2.C26H31N9O.C3H4O2/c1-29(2,3)38-16-26(34-35-38)27(39)12-19-8-10-37(23-17-40-18-23)14-21-11-20(5-6-24(19)21)25-7-9-30-28(33-25)32-22-13-31-36(4)15-22;1-26(2,3)35-16-23(32-33-35)24(36)12-17-7-9-27-13-19-11-18(5-6-21(17)19)22-8-10-28-25(31-22)30-20-14-29-34(4)15-20;4-3-1-5-2-3/h5-7,9,11,13,15-16,19,23H,8,10,12,14,17-18H2,1-4H3,(H,30,32,33);5-6,8,10-11,14-17,27H,7,9,12-13H2,1-4H3,(H,28,30,31);1-2H2/t19-;17-;/m00./s1/i2*4D3;. The van der Waals surface area contributed by atoms with Gasteiger partial charge in [0, 0.05) is 84.0 Å². The summed E-state index contributed by atoms with van der Waals surface area (Å²) >= 11 is 0. The van der Waals surface area contributed by atoms with Crippen molar-refractivity contribution in [2.45, 2.75) is 109 Å². The van der Waals surface area contributed by atoms with Crippen LogP contribution in [0.25, 0.3) is 22.5 Å². The molecule has 2 fully saturated rings. The Morgan fingerprint density at radius 1 is 0.691 bits per heavy atom. The van der Waals surface area contributed by atoms with E-state index in [4.69, 9.17) is 13.0 Å². The number of benzene rings is 2. The van der Waals surface area contributed by atoms with Gasteiger partial charge in [-0.05, 0) is 126 Å². The van der Waals surface area contributed by atoms with Gasteiger partial charge in [0.1, 0.15) is 24.6 Å². The van der Waals surface area contributed by atoms with Crippen LogP contribution in [-0.2, 0) is 52.4 Å². The Balaban J connectivity index is 0.000000179. The van der Waals surface area contributed by atoms with E-state index in [-0.39, 0.29) is 40.3 Å². The number of Topliss-reactive ketones (excluding diaryl/α,β-unsaturated/α-hetero) is 3. The lowest BCUT2D eigenvalue weighted by Gasteiger charge is -2.36. The molecule has 4 aliphatic rings. The number of nitrogens with one attached hydrogen (secondary N) is 3. The highest BCUT2D eigenvalue weighted by Gasteiger charge is 2.33. The molecule has 0 bridgehead atoms. The van der Waals surface area contributed by atoms with Crippen molar-refractivity contribution in [1.29, 1.82) is 0 Å². The van der Waals surface area contributed by atoms with Crippen LogP contribution in [0.4, 0.5) is 23.3 Å². The SMILES string of the molecule is O=C1COC1.[2H]C([2H])([2H])n1cc(Nc2nccc(-c3ccc4c(c3)CN(C3COC3)CC[C@H]4CC(=O)c3cn(C(C)(C)C)nn3)n2)cn1.[2H]C([2H])([2H])n1cc(Nc2nccc(-c3ccc4c(c3)CNCC[C@H]4CC(=O)c3cn(C(C)(C)C)nn3)n2)cn1. The lowest BCUT2D eigenvalue weighted by molar-refractivity contribution is -0.140. The van der Waals surface area contributed by atoms with Gasteiger partial charge in [0.05, 0.1) is 77.9 Å². The van der Waals surface area contributed by atoms with Crippen LogP contribution in [-0.4, -0.2) is 137 Å². The Morgan fingerprint density at radius 2 is 1.21 bits per heavy atom. The van der Waals surface area contributed by atoms with Gasteiger partial charge in [0.15, 0.2) is 17.3 Å². The molecule has 2 aromatic carbocycles. The summed E-state index contributed by atoms with van der Waals surface area (Å²) in [4.78, 5) is 56.6. The Labute approximate surface area is 478 Å². The average molecular weight is 1110 g/mol. The third-order valence-corrected chi connectivity index (χ3v) is 14.3. The summed E-state index contributed by atoms with van der Waals surface area (Å²) in [6, 6.07) is 16.5. The molecule has 0 amide bonds. The number of rotatable bonds is 13. The van der Waals surface area contributed by atoms with Crippen molar-refractivity contribution in [3.63, 3.8) is 0 Å². The van der Waals surface area contributed by atoms with Crippen LogP contribution >= 0.6 is 0 Å². The number of anilines is 4. The average Bonchev–Trinajstić information content (AvgIpc) is 2.64. The van der Waals surface area contributed by atoms with Gasteiger partial charge < -0.3 is 25.4 Å². The molecule has 0 spiro atoms. The zero-order valence-electron chi connectivity index (χ0n) is 52.2. The smallest absolute Gasteiger partial charge is 0.227 e. The van der Waals surface area contributed by atoms with E-state index in [1.807, 2.05) is 65.8 Å². The van der Waals surface area contributed by atoms with E-state index in [0.717, 1.165) is 80.9 Å². The molecule has 0 radical (unpaired) electrons.